The van der Waals surface area contributed by atoms with Crippen molar-refractivity contribution in [2.75, 3.05) is 19.8 Å². The highest BCUT2D eigenvalue weighted by Gasteiger charge is 2.29. The molecule has 0 saturated carbocycles. The summed E-state index contributed by atoms with van der Waals surface area (Å²) < 4.78 is 13.2. The summed E-state index contributed by atoms with van der Waals surface area (Å²) in [4.78, 5) is 14.6. The van der Waals surface area contributed by atoms with Crippen LogP contribution in [0.25, 0.3) is 16.6 Å². The molecule has 0 radical (unpaired) electrons. The van der Waals surface area contributed by atoms with Gasteiger partial charge in [-0.2, -0.15) is 5.10 Å². The van der Waals surface area contributed by atoms with E-state index >= 15 is 0 Å². The van der Waals surface area contributed by atoms with Gasteiger partial charge in [-0.3, -0.25) is 9.58 Å². The Morgan fingerprint density at radius 1 is 1.32 bits per heavy atom. The second-order valence-electron chi connectivity index (χ2n) is 8.92. The molecule has 2 atom stereocenters. The maximum Gasteiger partial charge on any atom is 0.414 e. The maximum absolute atomic E-state index is 12.8. The second-order valence-corrected chi connectivity index (χ2v) is 8.92. The van der Waals surface area contributed by atoms with Gasteiger partial charge in [-0.1, -0.05) is 25.1 Å². The number of carbonyl (C=O) groups is 1. The lowest BCUT2D eigenvalue weighted by Gasteiger charge is -2.33. The molecular formula is C22H29N3O3. The summed E-state index contributed by atoms with van der Waals surface area (Å²) in [5.74, 6) is 0.404. The summed E-state index contributed by atoms with van der Waals surface area (Å²) in [6.45, 7) is 10.0. The molecule has 0 aliphatic carbocycles. The fourth-order valence-electron chi connectivity index (χ4n) is 3.78. The maximum atomic E-state index is 12.8. The van der Waals surface area contributed by atoms with E-state index in [0.717, 1.165) is 48.2 Å². The van der Waals surface area contributed by atoms with Crippen LogP contribution in [0.2, 0.25) is 0 Å². The van der Waals surface area contributed by atoms with Crippen molar-refractivity contribution in [1.29, 1.82) is 0 Å². The third-order valence-electron chi connectivity index (χ3n) is 5.21. The Bertz CT molecular complexity index is 903. The molecule has 2 aliphatic heterocycles. The van der Waals surface area contributed by atoms with Gasteiger partial charge in [-0.15, -0.1) is 0 Å². The van der Waals surface area contributed by atoms with Crippen LogP contribution in [-0.2, 0) is 9.47 Å². The zero-order valence-corrected chi connectivity index (χ0v) is 17.1. The first kappa shape index (κ1) is 19.0. The highest BCUT2D eigenvalue weighted by Crippen LogP contribution is 2.31. The summed E-state index contributed by atoms with van der Waals surface area (Å²) in [5.41, 5.74) is 2.33. The summed E-state index contributed by atoms with van der Waals surface area (Å²) in [6, 6.07) is 6.53. The van der Waals surface area contributed by atoms with Gasteiger partial charge < -0.3 is 9.47 Å². The van der Waals surface area contributed by atoms with Gasteiger partial charge in [0.2, 0.25) is 0 Å². The molecule has 1 amide bonds. The molecule has 150 valence electrons. The Morgan fingerprint density at radius 3 is 2.86 bits per heavy atom. The Labute approximate surface area is 166 Å². The molecule has 1 saturated heterocycles. The van der Waals surface area contributed by atoms with Crippen LogP contribution >= 0.6 is 0 Å². The lowest BCUT2D eigenvalue weighted by molar-refractivity contribution is 0.0327. The third kappa shape index (κ3) is 3.92. The molecule has 2 aliphatic rings. The van der Waals surface area contributed by atoms with Crippen LogP contribution in [0.3, 0.4) is 0 Å². The van der Waals surface area contributed by atoms with Crippen molar-refractivity contribution in [3.8, 4) is 0 Å². The molecule has 1 fully saturated rings. The molecule has 3 heterocycles. The van der Waals surface area contributed by atoms with Crippen LogP contribution in [0.5, 0.6) is 0 Å². The monoisotopic (exact) mass is 383 g/mol. The minimum absolute atomic E-state index is 0.293. The topological polar surface area (TPSA) is 56.6 Å². The van der Waals surface area contributed by atoms with E-state index in [4.69, 9.17) is 14.6 Å². The summed E-state index contributed by atoms with van der Waals surface area (Å²) in [5, 5.41) is 5.87. The molecule has 0 N–H and O–H groups in total. The minimum Gasteiger partial charge on any atom is -0.443 e. The lowest BCUT2D eigenvalue weighted by atomic mass is 9.98. The number of amides is 1. The van der Waals surface area contributed by atoms with Crippen LogP contribution in [0.15, 0.2) is 30.5 Å². The fraction of sp³-hybridized carbons (Fsp3) is 0.545. The van der Waals surface area contributed by atoms with Crippen molar-refractivity contribution in [1.82, 2.24) is 14.7 Å². The zero-order chi connectivity index (χ0) is 19.9. The first-order valence-corrected chi connectivity index (χ1v) is 10.1. The molecule has 4 rings (SSSR count). The van der Waals surface area contributed by atoms with Crippen LogP contribution in [0.1, 0.15) is 52.1 Å². The third-order valence-corrected chi connectivity index (χ3v) is 5.21. The van der Waals surface area contributed by atoms with E-state index < -0.39 is 5.60 Å². The number of nitrogens with zero attached hydrogens (tertiary/aromatic N) is 3. The number of ether oxygens (including phenoxy) is 2. The van der Waals surface area contributed by atoms with Crippen LogP contribution in [0, 0.1) is 5.92 Å². The van der Waals surface area contributed by atoms with Gasteiger partial charge in [-0.05, 0) is 45.6 Å². The molecule has 28 heavy (non-hydrogen) atoms. The molecule has 2 aromatic rings. The molecule has 6 nitrogen and oxygen atoms in total. The number of carbonyl (C=O) groups excluding carboxylic acids is 1. The Balaban J connectivity index is 1.65. The number of aromatic nitrogens is 2. The van der Waals surface area contributed by atoms with Crippen molar-refractivity contribution in [3.05, 3.63) is 36.0 Å². The molecule has 2 unspecified atom stereocenters. The van der Waals surface area contributed by atoms with E-state index in [1.165, 1.54) is 0 Å². The highest BCUT2D eigenvalue weighted by molar-refractivity contribution is 5.87. The van der Waals surface area contributed by atoms with Crippen molar-refractivity contribution >= 4 is 22.7 Å². The highest BCUT2D eigenvalue weighted by atomic mass is 16.6. The standard InChI is InChI=1S/C22H29N3O3/c1-15-5-8-20(24(12-15)21(26)28-22(2,3)4)16-6-7-17-13-25(23-19(17)11-16)18-9-10-27-14-18/h6-8,11,13,15,18H,5,9-10,12,14H2,1-4H3. The van der Waals surface area contributed by atoms with E-state index in [2.05, 4.69) is 37.4 Å². The molecule has 1 aromatic carbocycles. The predicted molar refractivity (Wildman–Crippen MR) is 109 cm³/mol. The Morgan fingerprint density at radius 2 is 2.14 bits per heavy atom. The van der Waals surface area contributed by atoms with Crippen molar-refractivity contribution < 1.29 is 14.3 Å². The van der Waals surface area contributed by atoms with E-state index in [1.54, 1.807) is 4.90 Å². The van der Waals surface area contributed by atoms with Crippen molar-refractivity contribution in [2.45, 2.75) is 52.2 Å². The van der Waals surface area contributed by atoms with Crippen LogP contribution in [0.4, 0.5) is 4.79 Å². The SMILES string of the molecule is CC1CC=C(c2ccc3cn(C4CCOC4)nc3c2)N(C(=O)OC(C)(C)C)C1. The largest absolute Gasteiger partial charge is 0.443 e. The number of hydrogen-bond acceptors (Lipinski definition) is 4. The van der Waals surface area contributed by atoms with Crippen LogP contribution in [-0.4, -0.2) is 46.1 Å². The van der Waals surface area contributed by atoms with E-state index in [0.29, 0.717) is 18.5 Å². The van der Waals surface area contributed by atoms with E-state index in [-0.39, 0.29) is 6.09 Å². The van der Waals surface area contributed by atoms with Gasteiger partial charge in [0.05, 0.1) is 23.9 Å². The number of benzene rings is 1. The predicted octanol–water partition coefficient (Wildman–Crippen LogP) is 4.62. The van der Waals surface area contributed by atoms with Gasteiger partial charge >= 0.3 is 6.09 Å². The van der Waals surface area contributed by atoms with Crippen LogP contribution < -0.4 is 0 Å². The number of rotatable bonds is 2. The Hall–Kier alpha value is -2.34. The first-order valence-electron chi connectivity index (χ1n) is 10.1. The number of allylic oxidation sites excluding steroid dienone is 1. The molecule has 1 aromatic heterocycles. The Kier molecular flexibility index (Phi) is 4.91. The van der Waals surface area contributed by atoms with Crippen molar-refractivity contribution in [2.24, 2.45) is 5.92 Å². The number of hydrogen-bond donors (Lipinski definition) is 0. The molecule has 0 spiro atoms. The molecule has 6 heteroatoms. The second kappa shape index (κ2) is 7.24. The first-order chi connectivity index (χ1) is 13.3. The van der Waals surface area contributed by atoms with Crippen molar-refractivity contribution in [3.63, 3.8) is 0 Å². The smallest absolute Gasteiger partial charge is 0.414 e. The minimum atomic E-state index is -0.519. The van der Waals surface area contributed by atoms with Gasteiger partial charge in [0, 0.05) is 30.3 Å². The molecule has 0 bridgehead atoms. The van der Waals surface area contributed by atoms with Gasteiger partial charge in [0.25, 0.3) is 0 Å². The average molecular weight is 383 g/mol. The zero-order valence-electron chi connectivity index (χ0n) is 17.1. The van der Waals surface area contributed by atoms with Gasteiger partial charge in [0.1, 0.15) is 5.60 Å². The summed E-state index contributed by atoms with van der Waals surface area (Å²) in [7, 11) is 0. The van der Waals surface area contributed by atoms with Gasteiger partial charge in [-0.25, -0.2) is 4.79 Å². The normalized spacial score (nSPS) is 23.1. The lowest BCUT2D eigenvalue weighted by Crippen LogP contribution is -2.39. The van der Waals surface area contributed by atoms with Gasteiger partial charge in [0.15, 0.2) is 0 Å². The summed E-state index contributed by atoms with van der Waals surface area (Å²) >= 11 is 0. The van der Waals surface area contributed by atoms with E-state index in [9.17, 15) is 4.79 Å². The van der Waals surface area contributed by atoms with E-state index in [1.807, 2.05) is 25.5 Å². The molecular weight excluding hydrogens is 354 g/mol. The quantitative estimate of drug-likeness (QED) is 0.760. The number of fused-ring (bicyclic) bond motifs is 1. The average Bonchev–Trinajstić information content (AvgIpc) is 3.28. The fourth-order valence-corrected chi connectivity index (χ4v) is 3.78. The summed E-state index contributed by atoms with van der Waals surface area (Å²) in [6.07, 6.45) is 5.87.